The van der Waals surface area contributed by atoms with Crippen molar-refractivity contribution in [2.75, 3.05) is 11.9 Å². The Hall–Kier alpha value is -2.09. The highest BCUT2D eigenvalue weighted by molar-refractivity contribution is 9.10. The van der Waals surface area contributed by atoms with Gasteiger partial charge in [0.05, 0.1) is 6.10 Å². The molecule has 0 aliphatic heterocycles. The fourth-order valence-corrected chi connectivity index (χ4v) is 2.27. The molecule has 3 N–H and O–H groups in total. The molecule has 0 heterocycles. The second-order valence-electron chi connectivity index (χ2n) is 5.70. The molecule has 0 saturated carbocycles. The van der Waals surface area contributed by atoms with Gasteiger partial charge in [0.1, 0.15) is 12.6 Å². The van der Waals surface area contributed by atoms with Gasteiger partial charge in [0, 0.05) is 10.2 Å². The van der Waals surface area contributed by atoms with E-state index in [4.69, 9.17) is 4.74 Å². The molecule has 0 unspecified atom stereocenters. The molecule has 0 saturated heterocycles. The number of ether oxygens (including phenoxy) is 1. The quantitative estimate of drug-likeness (QED) is 0.570. The van der Waals surface area contributed by atoms with Crippen molar-refractivity contribution < 1.29 is 19.1 Å². The molecule has 25 heavy (non-hydrogen) atoms. The Morgan fingerprint density at radius 3 is 2.36 bits per heavy atom. The summed E-state index contributed by atoms with van der Waals surface area (Å²) in [7, 11) is 0. The molecule has 0 bridgehead atoms. The minimum absolute atomic E-state index is 0.229. The van der Waals surface area contributed by atoms with E-state index in [9.17, 15) is 14.4 Å². The number of carbonyl (C=O) groups is 3. The second-order valence-corrected chi connectivity index (χ2v) is 6.62. The molecule has 0 spiro atoms. The van der Waals surface area contributed by atoms with Crippen molar-refractivity contribution in [1.82, 2.24) is 10.6 Å². The molecule has 0 aliphatic rings. The van der Waals surface area contributed by atoms with Gasteiger partial charge in [-0.1, -0.05) is 29.3 Å². The maximum atomic E-state index is 12.2. The van der Waals surface area contributed by atoms with Crippen LogP contribution in [0.2, 0.25) is 0 Å². The van der Waals surface area contributed by atoms with Crippen molar-refractivity contribution >= 4 is 39.5 Å². The van der Waals surface area contributed by atoms with Gasteiger partial charge in [0.2, 0.25) is 5.91 Å². The molecule has 1 atom stereocenters. The number of rotatable bonds is 8. The van der Waals surface area contributed by atoms with E-state index >= 15 is 0 Å². The van der Waals surface area contributed by atoms with Crippen molar-refractivity contribution in [2.24, 2.45) is 0 Å². The van der Waals surface area contributed by atoms with E-state index in [1.165, 1.54) is 0 Å². The molecule has 3 amide bonds. The lowest BCUT2D eigenvalue weighted by molar-refractivity contribution is -0.147. The van der Waals surface area contributed by atoms with Crippen molar-refractivity contribution in [3.63, 3.8) is 0 Å². The summed E-state index contributed by atoms with van der Waals surface area (Å²) >= 11 is 3.32. The predicted octanol–water partition coefficient (Wildman–Crippen LogP) is 2.81. The highest BCUT2D eigenvalue weighted by Gasteiger charge is 2.20. The van der Waals surface area contributed by atoms with Crippen molar-refractivity contribution in [1.29, 1.82) is 0 Å². The fourth-order valence-electron chi connectivity index (χ4n) is 2.00. The summed E-state index contributed by atoms with van der Waals surface area (Å²) in [5.41, 5.74) is 0.608. The number of hydrogen-bond acceptors (Lipinski definition) is 4. The van der Waals surface area contributed by atoms with E-state index in [0.717, 1.165) is 4.47 Å². The normalized spacial score (nSPS) is 11.6. The molecule has 8 heteroatoms. The Labute approximate surface area is 156 Å². The van der Waals surface area contributed by atoms with Crippen LogP contribution < -0.4 is 16.0 Å². The second kappa shape index (κ2) is 10.7. The van der Waals surface area contributed by atoms with E-state index in [0.29, 0.717) is 18.5 Å². The fraction of sp³-hybridized carbons (Fsp3) is 0.471. The summed E-state index contributed by atoms with van der Waals surface area (Å²) < 4.78 is 5.85. The number of hydrogen-bond donors (Lipinski definition) is 3. The summed E-state index contributed by atoms with van der Waals surface area (Å²) in [6.07, 6.45) is 0.914. The summed E-state index contributed by atoms with van der Waals surface area (Å²) in [6.45, 7) is 5.14. The first-order valence-electron chi connectivity index (χ1n) is 8.12. The number of amides is 3. The first-order chi connectivity index (χ1) is 11.8. The minimum atomic E-state index is -0.729. The van der Waals surface area contributed by atoms with Crippen LogP contribution in [0.3, 0.4) is 0 Å². The molecule has 0 fully saturated rings. The third-order valence-corrected chi connectivity index (χ3v) is 3.60. The van der Waals surface area contributed by atoms with Crippen LogP contribution in [0.4, 0.5) is 10.5 Å². The zero-order valence-electron chi connectivity index (χ0n) is 14.6. The van der Waals surface area contributed by atoms with Crippen LogP contribution >= 0.6 is 15.9 Å². The minimum Gasteiger partial charge on any atom is -0.462 e. The molecule has 1 rings (SSSR count). The maximum absolute atomic E-state index is 12.2. The predicted molar refractivity (Wildman–Crippen MR) is 99.2 cm³/mol. The highest BCUT2D eigenvalue weighted by Crippen LogP contribution is 2.14. The van der Waals surface area contributed by atoms with Crippen LogP contribution in [0, 0.1) is 0 Å². The third kappa shape index (κ3) is 8.53. The molecule has 0 aromatic heterocycles. The third-order valence-electron chi connectivity index (χ3n) is 3.08. The van der Waals surface area contributed by atoms with Gasteiger partial charge in [-0.15, -0.1) is 0 Å². The first-order valence-corrected chi connectivity index (χ1v) is 8.91. The Bertz CT molecular complexity index is 590. The van der Waals surface area contributed by atoms with Gasteiger partial charge in [0.25, 0.3) is 0 Å². The van der Waals surface area contributed by atoms with Gasteiger partial charge in [-0.3, -0.25) is 9.59 Å². The van der Waals surface area contributed by atoms with E-state index < -0.39 is 23.9 Å². The monoisotopic (exact) mass is 413 g/mol. The zero-order chi connectivity index (χ0) is 18.8. The van der Waals surface area contributed by atoms with Crippen LogP contribution in [0.15, 0.2) is 28.7 Å². The van der Waals surface area contributed by atoms with Crippen LogP contribution in [0.25, 0.3) is 0 Å². The topological polar surface area (TPSA) is 96.5 Å². The first kappa shape index (κ1) is 21.0. The number of nitrogens with one attached hydrogen (secondary N) is 3. The smallest absolute Gasteiger partial charge is 0.325 e. The Morgan fingerprint density at radius 2 is 1.80 bits per heavy atom. The molecule has 1 aromatic carbocycles. The van der Waals surface area contributed by atoms with Gasteiger partial charge in [-0.05, 0) is 44.5 Å². The molecule has 0 aliphatic carbocycles. The van der Waals surface area contributed by atoms with E-state index in [2.05, 4.69) is 31.9 Å². The number of benzene rings is 1. The maximum Gasteiger partial charge on any atom is 0.325 e. The summed E-state index contributed by atoms with van der Waals surface area (Å²) in [5, 5.41) is 7.77. The highest BCUT2D eigenvalue weighted by atomic mass is 79.9. The van der Waals surface area contributed by atoms with Crippen LogP contribution in [-0.2, 0) is 14.3 Å². The van der Waals surface area contributed by atoms with Crippen molar-refractivity contribution in [3.8, 4) is 0 Å². The van der Waals surface area contributed by atoms with Crippen LogP contribution in [0.1, 0.15) is 33.6 Å². The number of carbonyl (C=O) groups excluding carboxylic acids is 3. The molecular weight excluding hydrogens is 390 g/mol. The van der Waals surface area contributed by atoms with Gasteiger partial charge in [-0.2, -0.15) is 0 Å². The van der Waals surface area contributed by atoms with Gasteiger partial charge in [-0.25, -0.2) is 4.79 Å². The van der Waals surface area contributed by atoms with E-state index in [-0.39, 0.29) is 12.6 Å². The number of halogens is 1. The number of esters is 1. The Balaban J connectivity index is 2.53. The Morgan fingerprint density at radius 1 is 1.16 bits per heavy atom. The number of anilines is 1. The van der Waals surface area contributed by atoms with Crippen molar-refractivity contribution in [3.05, 3.63) is 28.7 Å². The molecule has 0 radical (unpaired) electrons. The summed E-state index contributed by atoms with van der Waals surface area (Å²) in [5.74, 6) is -0.938. The lowest BCUT2D eigenvalue weighted by Gasteiger charge is -2.18. The summed E-state index contributed by atoms with van der Waals surface area (Å²) in [4.78, 5) is 35.7. The number of urea groups is 1. The van der Waals surface area contributed by atoms with Crippen molar-refractivity contribution in [2.45, 2.75) is 45.8 Å². The van der Waals surface area contributed by atoms with Gasteiger partial charge >= 0.3 is 12.0 Å². The van der Waals surface area contributed by atoms with E-state index in [1.807, 2.05) is 6.92 Å². The molecular formula is C17H24BrN3O4. The van der Waals surface area contributed by atoms with Crippen LogP contribution in [0.5, 0.6) is 0 Å². The van der Waals surface area contributed by atoms with Gasteiger partial charge in [0.15, 0.2) is 0 Å². The van der Waals surface area contributed by atoms with E-state index in [1.54, 1.807) is 38.1 Å². The SMILES string of the molecule is CCC[C@H](NC(=O)Nc1ccc(Br)cc1)C(=O)NCC(=O)OC(C)C. The van der Waals surface area contributed by atoms with Crippen LogP contribution in [-0.4, -0.2) is 36.6 Å². The zero-order valence-corrected chi connectivity index (χ0v) is 16.2. The van der Waals surface area contributed by atoms with Gasteiger partial charge < -0.3 is 20.7 Å². The molecule has 138 valence electrons. The largest absolute Gasteiger partial charge is 0.462 e. The lowest BCUT2D eigenvalue weighted by Crippen LogP contribution is -2.49. The Kier molecular flexibility index (Phi) is 8.98. The summed E-state index contributed by atoms with van der Waals surface area (Å²) in [6, 6.07) is 5.85. The average molecular weight is 414 g/mol. The standard InChI is InChI=1S/C17H24BrN3O4/c1-4-5-14(16(23)19-10-15(22)25-11(2)3)21-17(24)20-13-8-6-12(18)7-9-13/h6-9,11,14H,4-5,10H2,1-3H3,(H,19,23)(H2,20,21,24)/t14-/m0/s1. The lowest BCUT2D eigenvalue weighted by atomic mass is 10.1. The molecule has 7 nitrogen and oxygen atoms in total. The molecule has 1 aromatic rings. The average Bonchev–Trinajstić information content (AvgIpc) is 2.53.